The maximum absolute atomic E-state index is 14.0. The summed E-state index contributed by atoms with van der Waals surface area (Å²) in [7, 11) is 1.67. The van der Waals surface area contributed by atoms with E-state index in [1.54, 1.807) is 14.0 Å². The SMILES string of the molecule is COc1ccccc1-c1ccc2ccccc2c1CC(C)(C#N)C(=O)N1CCN(c2cccc(C(C)C)c2)CC1. The highest BCUT2D eigenvalue weighted by Crippen LogP contribution is 2.39. The van der Waals surface area contributed by atoms with Crippen molar-refractivity contribution in [3.63, 3.8) is 0 Å². The van der Waals surface area contributed by atoms with E-state index in [1.165, 1.54) is 11.3 Å². The highest BCUT2D eigenvalue weighted by Gasteiger charge is 2.39. The summed E-state index contributed by atoms with van der Waals surface area (Å²) in [5.74, 6) is 1.13. The highest BCUT2D eigenvalue weighted by molar-refractivity contribution is 5.94. The van der Waals surface area contributed by atoms with Crippen molar-refractivity contribution >= 4 is 22.4 Å². The molecule has 0 N–H and O–H groups in total. The molecule has 1 heterocycles. The smallest absolute Gasteiger partial charge is 0.243 e. The number of rotatable bonds is 7. The second-order valence-electron chi connectivity index (χ2n) is 11.2. The number of hydrogen-bond donors (Lipinski definition) is 0. The first-order valence-corrected chi connectivity index (χ1v) is 14.0. The maximum atomic E-state index is 14.0. The summed E-state index contributed by atoms with van der Waals surface area (Å²) in [4.78, 5) is 18.2. The molecule has 5 rings (SSSR count). The first kappa shape index (κ1) is 27.3. The van der Waals surface area contributed by atoms with Crippen LogP contribution in [0.1, 0.15) is 37.8 Å². The summed E-state index contributed by atoms with van der Waals surface area (Å²) in [5, 5.41) is 12.6. The Bertz CT molecular complexity index is 1560. The molecule has 1 unspecified atom stereocenters. The normalized spacial score (nSPS) is 15.1. The maximum Gasteiger partial charge on any atom is 0.243 e. The topological polar surface area (TPSA) is 56.6 Å². The van der Waals surface area contributed by atoms with Gasteiger partial charge in [-0.15, -0.1) is 0 Å². The van der Waals surface area contributed by atoms with Crippen molar-refractivity contribution in [2.75, 3.05) is 38.2 Å². The zero-order valence-corrected chi connectivity index (χ0v) is 23.9. The van der Waals surface area contributed by atoms with E-state index in [-0.39, 0.29) is 5.91 Å². The number of amides is 1. The van der Waals surface area contributed by atoms with Gasteiger partial charge < -0.3 is 14.5 Å². The Kier molecular flexibility index (Phi) is 7.80. The molecule has 0 aliphatic carbocycles. The van der Waals surface area contributed by atoms with E-state index < -0.39 is 5.41 Å². The number of nitriles is 1. The molecule has 1 fully saturated rings. The number of anilines is 1. The molecule has 1 amide bonds. The Morgan fingerprint density at radius 3 is 2.38 bits per heavy atom. The Labute approximate surface area is 237 Å². The zero-order valence-electron chi connectivity index (χ0n) is 23.9. The van der Waals surface area contributed by atoms with Crippen LogP contribution in [-0.2, 0) is 11.2 Å². The third-order valence-corrected chi connectivity index (χ3v) is 8.16. The van der Waals surface area contributed by atoms with E-state index in [1.807, 2.05) is 41.3 Å². The van der Waals surface area contributed by atoms with Crippen LogP contribution in [0.4, 0.5) is 5.69 Å². The molecule has 1 aliphatic rings. The second kappa shape index (κ2) is 11.4. The minimum Gasteiger partial charge on any atom is -0.496 e. The van der Waals surface area contributed by atoms with Crippen LogP contribution in [0.5, 0.6) is 5.75 Å². The molecule has 0 saturated carbocycles. The van der Waals surface area contributed by atoms with E-state index in [2.05, 4.69) is 73.3 Å². The minimum atomic E-state index is -1.21. The van der Waals surface area contributed by atoms with Crippen LogP contribution in [0, 0.1) is 16.7 Å². The summed E-state index contributed by atoms with van der Waals surface area (Å²) < 4.78 is 5.69. The van der Waals surface area contributed by atoms with E-state index >= 15 is 0 Å². The lowest BCUT2D eigenvalue weighted by molar-refractivity contribution is -0.138. The molecule has 4 aromatic carbocycles. The van der Waals surface area contributed by atoms with Crippen molar-refractivity contribution in [3.8, 4) is 22.9 Å². The summed E-state index contributed by atoms with van der Waals surface area (Å²) in [6.07, 6.45) is 0.313. The lowest BCUT2D eigenvalue weighted by Crippen LogP contribution is -2.53. The molecule has 5 heteroatoms. The number of nitrogens with zero attached hydrogens (tertiary/aromatic N) is 3. The third-order valence-electron chi connectivity index (χ3n) is 8.16. The first-order chi connectivity index (χ1) is 19.3. The van der Waals surface area contributed by atoms with Gasteiger partial charge in [-0.25, -0.2) is 0 Å². The first-order valence-electron chi connectivity index (χ1n) is 14.0. The molecule has 0 radical (unpaired) electrons. The molecule has 0 bridgehead atoms. The zero-order chi connectivity index (χ0) is 28.3. The molecule has 4 aromatic rings. The van der Waals surface area contributed by atoms with Crippen LogP contribution in [0.15, 0.2) is 84.9 Å². The van der Waals surface area contributed by atoms with Gasteiger partial charge in [0.2, 0.25) is 5.91 Å². The van der Waals surface area contributed by atoms with Gasteiger partial charge in [-0.1, -0.05) is 80.6 Å². The summed E-state index contributed by atoms with van der Waals surface area (Å²) in [6.45, 7) is 8.88. The molecule has 0 aromatic heterocycles. The summed E-state index contributed by atoms with van der Waals surface area (Å²) in [5.41, 5.74) is 4.23. The van der Waals surface area contributed by atoms with Gasteiger partial charge in [0.25, 0.3) is 0 Å². The van der Waals surface area contributed by atoms with Crippen LogP contribution in [0.25, 0.3) is 21.9 Å². The van der Waals surface area contributed by atoms with E-state index in [0.717, 1.165) is 46.3 Å². The van der Waals surface area contributed by atoms with Gasteiger partial charge in [-0.2, -0.15) is 5.26 Å². The van der Waals surface area contributed by atoms with Gasteiger partial charge in [-0.3, -0.25) is 4.79 Å². The Morgan fingerprint density at radius 2 is 1.65 bits per heavy atom. The second-order valence-corrected chi connectivity index (χ2v) is 11.2. The van der Waals surface area contributed by atoms with Crippen molar-refractivity contribution < 1.29 is 9.53 Å². The predicted octanol–water partition coefficient (Wildman–Crippen LogP) is 7.06. The number of carbonyl (C=O) groups excluding carboxylic acids is 1. The van der Waals surface area contributed by atoms with Gasteiger partial charge in [0.1, 0.15) is 11.2 Å². The standard InChI is InChI=1S/C35H37N3O2/c1-25(2)27-11-9-12-28(22-27)37-18-20-38(21-19-37)34(39)35(3,24-36)23-32-29-13-6-5-10-26(29)16-17-30(32)31-14-7-8-15-33(31)40-4/h5-17,22,25H,18-21,23H2,1-4H3. The Balaban J connectivity index is 1.43. The van der Waals surface area contributed by atoms with Gasteiger partial charge in [0.15, 0.2) is 0 Å². The van der Waals surface area contributed by atoms with Crippen LogP contribution in [0.3, 0.4) is 0 Å². The number of piperazine rings is 1. The van der Waals surface area contributed by atoms with Crippen molar-refractivity contribution in [2.45, 2.75) is 33.1 Å². The van der Waals surface area contributed by atoms with Crippen molar-refractivity contribution in [2.24, 2.45) is 5.41 Å². The number of methoxy groups -OCH3 is 1. The highest BCUT2D eigenvalue weighted by atomic mass is 16.5. The van der Waals surface area contributed by atoms with E-state index in [9.17, 15) is 10.1 Å². The third kappa shape index (κ3) is 5.27. The van der Waals surface area contributed by atoms with Crippen molar-refractivity contribution in [1.29, 1.82) is 5.26 Å². The van der Waals surface area contributed by atoms with E-state index in [4.69, 9.17) is 4.74 Å². The fraction of sp³-hybridized carbons (Fsp3) is 0.314. The van der Waals surface area contributed by atoms with Crippen molar-refractivity contribution in [3.05, 3.63) is 96.1 Å². The van der Waals surface area contributed by atoms with Crippen LogP contribution in [0.2, 0.25) is 0 Å². The van der Waals surface area contributed by atoms with Gasteiger partial charge >= 0.3 is 0 Å². The molecular formula is C35H37N3O2. The van der Waals surface area contributed by atoms with Gasteiger partial charge in [-0.05, 0) is 58.5 Å². The average molecular weight is 532 g/mol. The lowest BCUT2D eigenvalue weighted by Gasteiger charge is -2.39. The number of fused-ring (bicyclic) bond motifs is 1. The molecule has 1 aliphatic heterocycles. The Morgan fingerprint density at radius 1 is 0.925 bits per heavy atom. The lowest BCUT2D eigenvalue weighted by atomic mass is 9.79. The summed E-state index contributed by atoms with van der Waals surface area (Å²) in [6, 6.07) is 31.4. The fourth-order valence-corrected chi connectivity index (χ4v) is 5.76. The molecular weight excluding hydrogens is 494 g/mol. The van der Waals surface area contributed by atoms with Crippen molar-refractivity contribution in [1.82, 2.24) is 4.90 Å². The largest absolute Gasteiger partial charge is 0.496 e. The minimum absolute atomic E-state index is 0.107. The molecule has 1 atom stereocenters. The number of para-hydroxylation sites is 1. The van der Waals surface area contributed by atoms with Crippen LogP contribution >= 0.6 is 0 Å². The summed E-state index contributed by atoms with van der Waals surface area (Å²) >= 11 is 0. The number of ether oxygens (including phenoxy) is 1. The van der Waals surface area contributed by atoms with Crippen LogP contribution < -0.4 is 9.64 Å². The van der Waals surface area contributed by atoms with Gasteiger partial charge in [0, 0.05) is 43.9 Å². The molecule has 1 saturated heterocycles. The Hall–Kier alpha value is -4.30. The molecule has 204 valence electrons. The number of hydrogen-bond acceptors (Lipinski definition) is 4. The van der Waals surface area contributed by atoms with E-state index in [0.29, 0.717) is 25.4 Å². The average Bonchev–Trinajstić information content (AvgIpc) is 3.01. The van der Waals surface area contributed by atoms with Crippen LogP contribution in [-0.4, -0.2) is 44.1 Å². The number of carbonyl (C=O) groups is 1. The molecule has 40 heavy (non-hydrogen) atoms. The molecule has 0 spiro atoms. The monoisotopic (exact) mass is 531 g/mol. The quantitative estimate of drug-likeness (QED) is 0.256. The number of benzene rings is 4. The fourth-order valence-electron chi connectivity index (χ4n) is 5.76. The predicted molar refractivity (Wildman–Crippen MR) is 163 cm³/mol. The molecule has 5 nitrogen and oxygen atoms in total. The van der Waals surface area contributed by atoms with Gasteiger partial charge in [0.05, 0.1) is 13.2 Å².